The number of phenols is 1. The van der Waals surface area contributed by atoms with Crippen LogP contribution in [0.2, 0.25) is 0 Å². The molecule has 0 aliphatic rings. The number of benzene rings is 2. The first-order valence-electron chi connectivity index (χ1n) is 5.96. The third-order valence-electron chi connectivity index (χ3n) is 2.86. The SMILES string of the molecule is COc1cc(NC(=O)c2ccc(O)cc2C)ccc1Br. The van der Waals surface area contributed by atoms with E-state index in [-0.39, 0.29) is 11.7 Å². The number of amides is 1. The maximum absolute atomic E-state index is 12.2. The minimum Gasteiger partial charge on any atom is -0.508 e. The van der Waals surface area contributed by atoms with Gasteiger partial charge < -0.3 is 15.2 Å². The van der Waals surface area contributed by atoms with Crippen LogP contribution in [0, 0.1) is 6.92 Å². The van der Waals surface area contributed by atoms with Gasteiger partial charge in [0.2, 0.25) is 0 Å². The molecule has 0 atom stereocenters. The molecular weight excluding hydrogens is 322 g/mol. The number of ether oxygens (including phenoxy) is 1. The Kier molecular flexibility index (Phi) is 4.29. The number of rotatable bonds is 3. The zero-order valence-electron chi connectivity index (χ0n) is 11.1. The highest BCUT2D eigenvalue weighted by Gasteiger charge is 2.11. The molecule has 0 saturated carbocycles. The van der Waals surface area contributed by atoms with Gasteiger partial charge in [0, 0.05) is 17.3 Å². The number of halogens is 1. The zero-order valence-corrected chi connectivity index (χ0v) is 12.7. The maximum atomic E-state index is 12.2. The molecule has 2 aromatic carbocycles. The van der Waals surface area contributed by atoms with Crippen LogP contribution < -0.4 is 10.1 Å². The number of carbonyl (C=O) groups excluding carboxylic acids is 1. The Hall–Kier alpha value is -2.01. The predicted octanol–water partition coefficient (Wildman–Crippen LogP) is 3.72. The molecule has 0 unspecified atom stereocenters. The Morgan fingerprint density at radius 2 is 2.00 bits per heavy atom. The number of anilines is 1. The molecule has 0 heterocycles. The van der Waals surface area contributed by atoms with Crippen LogP contribution in [-0.4, -0.2) is 18.1 Å². The van der Waals surface area contributed by atoms with Crippen molar-refractivity contribution in [2.45, 2.75) is 6.92 Å². The third kappa shape index (κ3) is 3.11. The fourth-order valence-electron chi connectivity index (χ4n) is 1.84. The lowest BCUT2D eigenvalue weighted by Gasteiger charge is -2.10. The van der Waals surface area contributed by atoms with Crippen LogP contribution in [0.5, 0.6) is 11.5 Å². The van der Waals surface area contributed by atoms with Crippen LogP contribution in [0.15, 0.2) is 40.9 Å². The van der Waals surface area contributed by atoms with E-state index in [4.69, 9.17) is 4.74 Å². The van der Waals surface area contributed by atoms with Gasteiger partial charge in [0.1, 0.15) is 11.5 Å². The van der Waals surface area contributed by atoms with Crippen molar-refractivity contribution in [1.82, 2.24) is 0 Å². The van der Waals surface area contributed by atoms with Crippen LogP contribution in [-0.2, 0) is 0 Å². The zero-order chi connectivity index (χ0) is 14.7. The maximum Gasteiger partial charge on any atom is 0.255 e. The number of nitrogens with one attached hydrogen (secondary N) is 1. The minimum atomic E-state index is -0.230. The van der Waals surface area contributed by atoms with Gasteiger partial charge in [0.05, 0.1) is 11.6 Å². The monoisotopic (exact) mass is 335 g/mol. The molecule has 104 valence electrons. The first-order chi connectivity index (χ1) is 9.51. The van der Waals surface area contributed by atoms with Gasteiger partial charge in [0.25, 0.3) is 5.91 Å². The van der Waals surface area contributed by atoms with Gasteiger partial charge in [-0.05, 0) is 58.7 Å². The largest absolute Gasteiger partial charge is 0.508 e. The summed E-state index contributed by atoms with van der Waals surface area (Å²) in [4.78, 5) is 12.2. The molecule has 2 N–H and O–H groups in total. The lowest BCUT2D eigenvalue weighted by Crippen LogP contribution is -2.13. The van der Waals surface area contributed by atoms with E-state index in [0.717, 1.165) is 4.47 Å². The Labute approximate surface area is 125 Å². The Bertz CT molecular complexity index is 656. The fourth-order valence-corrected chi connectivity index (χ4v) is 2.25. The molecule has 0 aliphatic heterocycles. The normalized spacial score (nSPS) is 10.2. The van der Waals surface area contributed by atoms with Crippen molar-refractivity contribution in [3.63, 3.8) is 0 Å². The van der Waals surface area contributed by atoms with E-state index >= 15 is 0 Å². The molecule has 0 fully saturated rings. The molecule has 0 aliphatic carbocycles. The molecule has 2 aromatic rings. The van der Waals surface area contributed by atoms with E-state index in [1.807, 2.05) is 0 Å². The van der Waals surface area contributed by atoms with Crippen molar-refractivity contribution in [2.24, 2.45) is 0 Å². The van der Waals surface area contributed by atoms with Gasteiger partial charge in [-0.1, -0.05) is 0 Å². The topological polar surface area (TPSA) is 58.6 Å². The standard InChI is InChI=1S/C15H14BrNO3/c1-9-7-11(18)4-5-12(9)15(19)17-10-3-6-13(16)14(8-10)20-2/h3-8,18H,1-2H3,(H,17,19). The fraction of sp³-hybridized carbons (Fsp3) is 0.133. The van der Waals surface area contributed by atoms with E-state index in [1.165, 1.54) is 6.07 Å². The van der Waals surface area contributed by atoms with Gasteiger partial charge in [-0.25, -0.2) is 0 Å². The third-order valence-corrected chi connectivity index (χ3v) is 3.52. The number of aryl methyl sites for hydroxylation is 1. The minimum absolute atomic E-state index is 0.143. The smallest absolute Gasteiger partial charge is 0.255 e. The molecule has 20 heavy (non-hydrogen) atoms. The van der Waals surface area contributed by atoms with Crippen molar-refractivity contribution in [2.75, 3.05) is 12.4 Å². The van der Waals surface area contributed by atoms with E-state index < -0.39 is 0 Å². The molecule has 0 bridgehead atoms. The van der Waals surface area contributed by atoms with Gasteiger partial charge in [-0.2, -0.15) is 0 Å². The van der Waals surface area contributed by atoms with Gasteiger partial charge in [-0.15, -0.1) is 0 Å². The van der Waals surface area contributed by atoms with Crippen molar-refractivity contribution >= 4 is 27.5 Å². The first kappa shape index (κ1) is 14.4. The second kappa shape index (κ2) is 5.96. The summed E-state index contributed by atoms with van der Waals surface area (Å²) in [6.45, 7) is 1.77. The summed E-state index contributed by atoms with van der Waals surface area (Å²) in [5.74, 6) is 0.557. The summed E-state index contributed by atoms with van der Waals surface area (Å²) in [5, 5.41) is 12.2. The molecular formula is C15H14BrNO3. The van der Waals surface area contributed by atoms with Crippen molar-refractivity contribution in [1.29, 1.82) is 0 Å². The molecule has 0 radical (unpaired) electrons. The second-order valence-corrected chi connectivity index (χ2v) is 5.16. The second-order valence-electron chi connectivity index (χ2n) is 4.30. The summed E-state index contributed by atoms with van der Waals surface area (Å²) < 4.78 is 6.00. The average Bonchev–Trinajstić information content (AvgIpc) is 2.40. The highest BCUT2D eigenvalue weighted by Crippen LogP contribution is 2.28. The number of carbonyl (C=O) groups is 1. The summed E-state index contributed by atoms with van der Waals surface area (Å²) in [6.07, 6.45) is 0. The number of methoxy groups -OCH3 is 1. The molecule has 2 rings (SSSR count). The lowest BCUT2D eigenvalue weighted by molar-refractivity contribution is 0.102. The molecule has 1 amide bonds. The highest BCUT2D eigenvalue weighted by molar-refractivity contribution is 9.10. The Morgan fingerprint density at radius 1 is 1.25 bits per heavy atom. The van der Waals surface area contributed by atoms with Crippen LogP contribution >= 0.6 is 15.9 Å². The summed E-state index contributed by atoms with van der Waals surface area (Å²) in [7, 11) is 1.57. The number of aromatic hydroxyl groups is 1. The average molecular weight is 336 g/mol. The van der Waals surface area contributed by atoms with Gasteiger partial charge >= 0.3 is 0 Å². The van der Waals surface area contributed by atoms with Gasteiger partial charge in [0.15, 0.2) is 0 Å². The summed E-state index contributed by atoms with van der Waals surface area (Å²) >= 11 is 3.36. The number of hydrogen-bond acceptors (Lipinski definition) is 3. The molecule has 0 spiro atoms. The predicted molar refractivity (Wildman–Crippen MR) is 81.5 cm³/mol. The van der Waals surface area contributed by atoms with Crippen LogP contribution in [0.25, 0.3) is 0 Å². The molecule has 4 nitrogen and oxygen atoms in total. The van der Waals surface area contributed by atoms with Crippen molar-refractivity contribution in [3.8, 4) is 11.5 Å². The molecule has 0 aromatic heterocycles. The molecule has 0 saturated heterocycles. The molecule has 5 heteroatoms. The van der Waals surface area contributed by atoms with Crippen LogP contribution in [0.1, 0.15) is 15.9 Å². The lowest BCUT2D eigenvalue weighted by atomic mass is 10.1. The van der Waals surface area contributed by atoms with Crippen molar-refractivity contribution < 1.29 is 14.6 Å². The highest BCUT2D eigenvalue weighted by atomic mass is 79.9. The van der Waals surface area contributed by atoms with E-state index in [2.05, 4.69) is 21.2 Å². The first-order valence-corrected chi connectivity index (χ1v) is 6.75. The Balaban J connectivity index is 2.23. The Morgan fingerprint density at radius 3 is 2.65 bits per heavy atom. The van der Waals surface area contributed by atoms with Crippen LogP contribution in [0.4, 0.5) is 5.69 Å². The van der Waals surface area contributed by atoms with E-state index in [0.29, 0.717) is 22.6 Å². The van der Waals surface area contributed by atoms with E-state index in [1.54, 1.807) is 44.4 Å². The number of hydrogen-bond donors (Lipinski definition) is 2. The quantitative estimate of drug-likeness (QED) is 0.898. The van der Waals surface area contributed by atoms with Crippen LogP contribution in [0.3, 0.4) is 0 Å². The summed E-state index contributed by atoms with van der Waals surface area (Å²) in [5.41, 5.74) is 1.87. The van der Waals surface area contributed by atoms with E-state index in [9.17, 15) is 9.90 Å². The summed E-state index contributed by atoms with van der Waals surface area (Å²) in [6, 6.07) is 9.95. The van der Waals surface area contributed by atoms with Gasteiger partial charge in [-0.3, -0.25) is 4.79 Å². The number of phenolic OH excluding ortho intramolecular Hbond substituents is 1. The van der Waals surface area contributed by atoms with Crippen molar-refractivity contribution in [3.05, 3.63) is 52.0 Å².